The van der Waals surface area contributed by atoms with Crippen LogP contribution in [0.25, 0.3) is 0 Å². The molecule has 1 amide bonds. The van der Waals surface area contributed by atoms with Gasteiger partial charge >= 0.3 is 0 Å². The molecule has 96 valence electrons. The summed E-state index contributed by atoms with van der Waals surface area (Å²) in [4.78, 5) is 11.5. The largest absolute Gasteiger partial charge is 0.344 e. The van der Waals surface area contributed by atoms with Crippen molar-refractivity contribution in [3.63, 3.8) is 0 Å². The Morgan fingerprint density at radius 2 is 2.33 bits per heavy atom. The van der Waals surface area contributed by atoms with E-state index in [0.717, 1.165) is 5.56 Å². The molecule has 18 heavy (non-hydrogen) atoms. The van der Waals surface area contributed by atoms with E-state index in [9.17, 15) is 9.18 Å². The highest BCUT2D eigenvalue weighted by molar-refractivity contribution is 6.30. The summed E-state index contributed by atoms with van der Waals surface area (Å²) < 4.78 is 12.9. The molecule has 0 fully saturated rings. The second-order valence-electron chi connectivity index (χ2n) is 3.77. The lowest BCUT2D eigenvalue weighted by Gasteiger charge is -2.13. The molecule has 1 aromatic rings. The average Bonchev–Trinajstić information content (AvgIpc) is 2.36. The summed E-state index contributed by atoms with van der Waals surface area (Å²) in [5.41, 5.74) is 0.804. The van der Waals surface area contributed by atoms with Gasteiger partial charge in [0.25, 0.3) is 0 Å². The lowest BCUT2D eigenvalue weighted by atomic mass is 10.2. The molecule has 0 saturated carbocycles. The Labute approximate surface area is 111 Å². The number of benzene rings is 1. The molecule has 0 radical (unpaired) electrons. The first-order valence-electron chi connectivity index (χ1n) is 5.43. The highest BCUT2D eigenvalue weighted by atomic mass is 35.5. The van der Waals surface area contributed by atoms with Crippen molar-refractivity contribution >= 4 is 17.5 Å². The maximum atomic E-state index is 12.9. The van der Waals surface area contributed by atoms with E-state index in [1.807, 2.05) is 0 Å². The minimum atomic E-state index is -0.458. The lowest BCUT2D eigenvalue weighted by molar-refractivity contribution is -0.122. The lowest BCUT2D eigenvalue weighted by Crippen LogP contribution is -2.41. The van der Waals surface area contributed by atoms with Crippen LogP contribution < -0.4 is 10.6 Å². The van der Waals surface area contributed by atoms with Gasteiger partial charge in [-0.2, -0.15) is 0 Å². The molecule has 1 unspecified atom stereocenters. The van der Waals surface area contributed by atoms with Crippen LogP contribution in [0.4, 0.5) is 4.39 Å². The van der Waals surface area contributed by atoms with E-state index in [0.29, 0.717) is 6.54 Å². The van der Waals surface area contributed by atoms with E-state index in [2.05, 4.69) is 16.6 Å². The maximum Gasteiger partial charge on any atom is 0.237 e. The Balaban J connectivity index is 2.47. The fraction of sp³-hybridized carbons (Fsp3) is 0.308. The van der Waals surface area contributed by atoms with Crippen LogP contribution in [0.5, 0.6) is 0 Å². The van der Waals surface area contributed by atoms with Crippen molar-refractivity contribution in [2.24, 2.45) is 0 Å². The SMILES string of the molecule is C#CCNC(=O)C(C)NCc1ccc(F)c(Cl)c1. The van der Waals surface area contributed by atoms with E-state index in [1.54, 1.807) is 13.0 Å². The minimum Gasteiger partial charge on any atom is -0.344 e. The molecule has 0 aliphatic carbocycles. The first-order valence-corrected chi connectivity index (χ1v) is 5.81. The summed E-state index contributed by atoms with van der Waals surface area (Å²) in [7, 11) is 0. The van der Waals surface area contributed by atoms with Crippen molar-refractivity contribution in [1.29, 1.82) is 0 Å². The van der Waals surface area contributed by atoms with Gasteiger partial charge in [-0.15, -0.1) is 6.42 Å². The summed E-state index contributed by atoms with van der Waals surface area (Å²) in [6, 6.07) is 4.04. The van der Waals surface area contributed by atoms with Gasteiger partial charge in [-0.25, -0.2) is 4.39 Å². The van der Waals surface area contributed by atoms with Crippen LogP contribution in [0, 0.1) is 18.2 Å². The van der Waals surface area contributed by atoms with Gasteiger partial charge in [0.1, 0.15) is 5.82 Å². The molecule has 0 bridgehead atoms. The molecular formula is C13H14ClFN2O. The fourth-order valence-corrected chi connectivity index (χ4v) is 1.51. The van der Waals surface area contributed by atoms with Gasteiger partial charge in [0.2, 0.25) is 5.91 Å². The number of rotatable bonds is 5. The molecule has 2 N–H and O–H groups in total. The molecule has 1 aromatic carbocycles. The van der Waals surface area contributed by atoms with Crippen molar-refractivity contribution in [3.05, 3.63) is 34.6 Å². The monoisotopic (exact) mass is 268 g/mol. The molecule has 0 aliphatic rings. The Morgan fingerprint density at radius 3 is 2.94 bits per heavy atom. The first kappa shape index (κ1) is 14.5. The van der Waals surface area contributed by atoms with E-state index >= 15 is 0 Å². The van der Waals surface area contributed by atoms with Crippen molar-refractivity contribution in [3.8, 4) is 12.3 Å². The third-order valence-corrected chi connectivity index (χ3v) is 2.64. The number of hydrogen-bond acceptors (Lipinski definition) is 2. The van der Waals surface area contributed by atoms with Gasteiger partial charge in [-0.05, 0) is 24.6 Å². The molecule has 1 rings (SSSR count). The summed E-state index contributed by atoms with van der Waals surface area (Å²) in [6.07, 6.45) is 5.04. The van der Waals surface area contributed by atoms with Crippen molar-refractivity contribution in [2.75, 3.05) is 6.54 Å². The van der Waals surface area contributed by atoms with Crippen LogP contribution in [0.3, 0.4) is 0 Å². The Hall–Kier alpha value is -1.57. The average molecular weight is 269 g/mol. The molecule has 3 nitrogen and oxygen atoms in total. The van der Waals surface area contributed by atoms with Crippen molar-refractivity contribution in [2.45, 2.75) is 19.5 Å². The van der Waals surface area contributed by atoms with E-state index in [4.69, 9.17) is 18.0 Å². The zero-order valence-electron chi connectivity index (χ0n) is 9.97. The number of halogens is 2. The van der Waals surface area contributed by atoms with Crippen LogP contribution in [0.1, 0.15) is 12.5 Å². The minimum absolute atomic E-state index is 0.0683. The van der Waals surface area contributed by atoms with Gasteiger partial charge in [-0.3, -0.25) is 4.79 Å². The van der Waals surface area contributed by atoms with E-state index in [-0.39, 0.29) is 23.5 Å². The van der Waals surface area contributed by atoms with Crippen LogP contribution in [0.2, 0.25) is 5.02 Å². The smallest absolute Gasteiger partial charge is 0.237 e. The van der Waals surface area contributed by atoms with Crippen molar-refractivity contribution in [1.82, 2.24) is 10.6 Å². The van der Waals surface area contributed by atoms with Crippen LogP contribution >= 0.6 is 11.6 Å². The summed E-state index contributed by atoms with van der Waals surface area (Å²) in [5, 5.41) is 5.63. The predicted octanol–water partition coefficient (Wildman–Crippen LogP) is 1.71. The van der Waals surface area contributed by atoms with Gasteiger partial charge in [0, 0.05) is 6.54 Å². The highest BCUT2D eigenvalue weighted by Gasteiger charge is 2.11. The summed E-state index contributed by atoms with van der Waals surface area (Å²) >= 11 is 5.66. The van der Waals surface area contributed by atoms with Crippen LogP contribution in [0.15, 0.2) is 18.2 Å². The standard InChI is InChI=1S/C13H14ClFN2O/c1-3-6-16-13(18)9(2)17-8-10-4-5-12(15)11(14)7-10/h1,4-5,7,9,17H,6,8H2,2H3,(H,16,18). The number of amides is 1. The molecule has 0 heterocycles. The Morgan fingerprint density at radius 1 is 1.61 bits per heavy atom. The third-order valence-electron chi connectivity index (χ3n) is 2.35. The second-order valence-corrected chi connectivity index (χ2v) is 4.18. The number of nitrogens with one attached hydrogen (secondary N) is 2. The quantitative estimate of drug-likeness (QED) is 0.799. The van der Waals surface area contributed by atoms with E-state index < -0.39 is 5.82 Å². The Kier molecular flexibility index (Phi) is 5.63. The third kappa shape index (κ3) is 4.36. The van der Waals surface area contributed by atoms with Crippen LogP contribution in [-0.2, 0) is 11.3 Å². The van der Waals surface area contributed by atoms with Gasteiger partial charge in [0.05, 0.1) is 17.6 Å². The van der Waals surface area contributed by atoms with E-state index in [1.165, 1.54) is 12.1 Å². The molecule has 0 saturated heterocycles. The normalized spacial score (nSPS) is 11.7. The summed E-state index contributed by atoms with van der Waals surface area (Å²) in [5.74, 6) is 1.68. The zero-order chi connectivity index (χ0) is 13.5. The molecule has 0 aliphatic heterocycles. The second kappa shape index (κ2) is 7.00. The van der Waals surface area contributed by atoms with Crippen LogP contribution in [-0.4, -0.2) is 18.5 Å². The summed E-state index contributed by atoms with van der Waals surface area (Å²) in [6.45, 7) is 2.34. The first-order chi connectivity index (χ1) is 8.54. The molecule has 5 heteroatoms. The number of terminal acetylenes is 1. The topological polar surface area (TPSA) is 41.1 Å². The molecule has 0 aromatic heterocycles. The predicted molar refractivity (Wildman–Crippen MR) is 69.6 cm³/mol. The number of carbonyl (C=O) groups excluding carboxylic acids is 1. The maximum absolute atomic E-state index is 12.9. The zero-order valence-corrected chi connectivity index (χ0v) is 10.7. The van der Waals surface area contributed by atoms with Crippen molar-refractivity contribution < 1.29 is 9.18 Å². The van der Waals surface area contributed by atoms with Gasteiger partial charge in [0.15, 0.2) is 0 Å². The molecule has 1 atom stereocenters. The van der Waals surface area contributed by atoms with Gasteiger partial charge in [-0.1, -0.05) is 23.6 Å². The fourth-order valence-electron chi connectivity index (χ4n) is 1.30. The highest BCUT2D eigenvalue weighted by Crippen LogP contribution is 2.15. The molecular weight excluding hydrogens is 255 g/mol. The number of hydrogen-bond donors (Lipinski definition) is 2. The Bertz CT molecular complexity index is 471. The van der Waals surface area contributed by atoms with Gasteiger partial charge < -0.3 is 10.6 Å². The molecule has 0 spiro atoms. The number of carbonyl (C=O) groups is 1.